The van der Waals surface area contributed by atoms with E-state index in [-0.39, 0.29) is 23.8 Å². The van der Waals surface area contributed by atoms with Crippen molar-refractivity contribution >= 4 is 22.4 Å². The van der Waals surface area contributed by atoms with Crippen LogP contribution in [0.3, 0.4) is 0 Å². The van der Waals surface area contributed by atoms with Crippen LogP contribution in [-0.2, 0) is 11.2 Å². The SMILES string of the molecule is COc1cc(CCC(=O)N(C)c2ccc3ccccc3c2)ccc1OCC(F)(F)F. The van der Waals surface area contributed by atoms with Crippen LogP contribution >= 0.6 is 0 Å². The Hall–Kier alpha value is -3.22. The van der Waals surface area contributed by atoms with E-state index in [1.54, 1.807) is 24.1 Å². The number of methoxy groups -OCH3 is 1. The molecule has 0 aliphatic rings. The monoisotopic (exact) mass is 417 g/mol. The molecule has 0 saturated carbocycles. The Kier molecular flexibility index (Phi) is 6.50. The number of carbonyl (C=O) groups is 1. The molecule has 3 aromatic carbocycles. The number of halogens is 3. The summed E-state index contributed by atoms with van der Waals surface area (Å²) in [5, 5.41) is 2.15. The molecular formula is C23H22F3NO3. The summed E-state index contributed by atoms with van der Waals surface area (Å²) < 4.78 is 47.0. The molecule has 0 unspecified atom stereocenters. The first kappa shape index (κ1) is 21.5. The highest BCUT2D eigenvalue weighted by molar-refractivity contribution is 5.96. The Morgan fingerprint density at radius 3 is 2.40 bits per heavy atom. The first-order valence-corrected chi connectivity index (χ1v) is 9.38. The van der Waals surface area contributed by atoms with Crippen LogP contribution in [0.25, 0.3) is 10.8 Å². The van der Waals surface area contributed by atoms with Crippen LogP contribution in [0.4, 0.5) is 18.9 Å². The van der Waals surface area contributed by atoms with Crippen molar-refractivity contribution in [2.75, 3.05) is 25.7 Å². The number of nitrogens with zero attached hydrogens (tertiary/aromatic N) is 1. The molecule has 3 rings (SSSR count). The van der Waals surface area contributed by atoms with Gasteiger partial charge in [0.05, 0.1) is 7.11 Å². The number of hydrogen-bond acceptors (Lipinski definition) is 3. The Bertz CT molecular complexity index is 1030. The molecule has 0 radical (unpaired) electrons. The van der Waals surface area contributed by atoms with Gasteiger partial charge in [0, 0.05) is 19.2 Å². The Labute approximate surface area is 172 Å². The lowest BCUT2D eigenvalue weighted by atomic mass is 10.1. The second kappa shape index (κ2) is 9.07. The van der Waals surface area contributed by atoms with Gasteiger partial charge in [-0.25, -0.2) is 0 Å². The van der Waals surface area contributed by atoms with Gasteiger partial charge in [-0.05, 0) is 47.0 Å². The van der Waals surface area contributed by atoms with Gasteiger partial charge in [0.1, 0.15) is 0 Å². The van der Waals surface area contributed by atoms with Gasteiger partial charge in [-0.1, -0.05) is 36.4 Å². The molecule has 0 fully saturated rings. The van der Waals surface area contributed by atoms with Crippen molar-refractivity contribution in [1.29, 1.82) is 0 Å². The fraction of sp³-hybridized carbons (Fsp3) is 0.261. The van der Waals surface area contributed by atoms with Gasteiger partial charge in [0.15, 0.2) is 18.1 Å². The maximum atomic E-state index is 12.6. The highest BCUT2D eigenvalue weighted by Gasteiger charge is 2.29. The van der Waals surface area contributed by atoms with Gasteiger partial charge in [0.25, 0.3) is 0 Å². The van der Waals surface area contributed by atoms with Crippen LogP contribution in [0.1, 0.15) is 12.0 Å². The second-order valence-electron chi connectivity index (χ2n) is 6.87. The molecule has 0 atom stereocenters. The van der Waals surface area contributed by atoms with Crippen LogP contribution in [0.2, 0.25) is 0 Å². The van der Waals surface area contributed by atoms with Crippen molar-refractivity contribution in [3.05, 3.63) is 66.2 Å². The number of carbonyl (C=O) groups excluding carboxylic acids is 1. The van der Waals surface area contributed by atoms with Crippen molar-refractivity contribution in [3.63, 3.8) is 0 Å². The molecule has 0 spiro atoms. The number of anilines is 1. The summed E-state index contributed by atoms with van der Waals surface area (Å²) in [5.41, 5.74) is 1.57. The largest absolute Gasteiger partial charge is 0.493 e. The minimum atomic E-state index is -4.43. The average Bonchev–Trinajstić information content (AvgIpc) is 2.74. The number of rotatable bonds is 7. The minimum Gasteiger partial charge on any atom is -0.493 e. The molecule has 1 amide bonds. The quantitative estimate of drug-likeness (QED) is 0.518. The van der Waals surface area contributed by atoms with Crippen LogP contribution in [0, 0.1) is 0 Å². The zero-order valence-corrected chi connectivity index (χ0v) is 16.7. The summed E-state index contributed by atoms with van der Waals surface area (Å²) in [7, 11) is 3.08. The average molecular weight is 417 g/mol. The molecule has 7 heteroatoms. The van der Waals surface area contributed by atoms with E-state index in [0.717, 1.165) is 22.0 Å². The summed E-state index contributed by atoms with van der Waals surface area (Å²) in [6, 6.07) is 18.4. The molecule has 30 heavy (non-hydrogen) atoms. The van der Waals surface area contributed by atoms with Gasteiger partial charge >= 0.3 is 6.18 Å². The third-order valence-electron chi connectivity index (χ3n) is 4.74. The Balaban J connectivity index is 1.64. The normalized spacial score (nSPS) is 11.4. The summed E-state index contributed by atoms with van der Waals surface area (Å²) in [6.45, 7) is -1.39. The first-order valence-electron chi connectivity index (χ1n) is 9.38. The molecule has 0 aliphatic carbocycles. The van der Waals surface area contributed by atoms with E-state index in [4.69, 9.17) is 9.47 Å². The van der Waals surface area contributed by atoms with E-state index in [2.05, 4.69) is 0 Å². The molecule has 158 valence electrons. The third kappa shape index (κ3) is 5.43. The summed E-state index contributed by atoms with van der Waals surface area (Å²) in [5.74, 6) is 0.145. The number of ether oxygens (including phenoxy) is 2. The number of fused-ring (bicyclic) bond motifs is 1. The molecule has 0 bridgehead atoms. The summed E-state index contributed by atoms with van der Waals surface area (Å²) in [4.78, 5) is 14.2. The zero-order valence-electron chi connectivity index (χ0n) is 16.7. The van der Waals surface area contributed by atoms with E-state index in [1.165, 1.54) is 13.2 Å². The molecule has 0 aliphatic heterocycles. The predicted octanol–water partition coefficient (Wildman–Crippen LogP) is 5.39. The molecule has 0 saturated heterocycles. The Morgan fingerprint density at radius 2 is 1.70 bits per heavy atom. The van der Waals surface area contributed by atoms with Crippen molar-refractivity contribution in [3.8, 4) is 11.5 Å². The molecular weight excluding hydrogens is 395 g/mol. The lowest BCUT2D eigenvalue weighted by Gasteiger charge is -2.18. The maximum Gasteiger partial charge on any atom is 0.422 e. The van der Waals surface area contributed by atoms with Crippen molar-refractivity contribution in [2.45, 2.75) is 19.0 Å². The summed E-state index contributed by atoms with van der Waals surface area (Å²) in [6.07, 6.45) is -3.76. The number of hydrogen-bond donors (Lipinski definition) is 0. The Morgan fingerprint density at radius 1 is 0.967 bits per heavy atom. The zero-order chi connectivity index (χ0) is 21.7. The number of alkyl halides is 3. The molecule has 0 N–H and O–H groups in total. The van der Waals surface area contributed by atoms with E-state index in [9.17, 15) is 18.0 Å². The highest BCUT2D eigenvalue weighted by Crippen LogP contribution is 2.30. The third-order valence-corrected chi connectivity index (χ3v) is 4.74. The van der Waals surface area contributed by atoms with Gasteiger partial charge < -0.3 is 14.4 Å². The lowest BCUT2D eigenvalue weighted by Crippen LogP contribution is -2.26. The second-order valence-corrected chi connectivity index (χ2v) is 6.87. The summed E-state index contributed by atoms with van der Waals surface area (Å²) >= 11 is 0. The van der Waals surface area contributed by atoms with Crippen molar-refractivity contribution in [1.82, 2.24) is 0 Å². The smallest absolute Gasteiger partial charge is 0.422 e. The van der Waals surface area contributed by atoms with Gasteiger partial charge in [-0.15, -0.1) is 0 Å². The van der Waals surface area contributed by atoms with Gasteiger partial charge in [0.2, 0.25) is 5.91 Å². The number of aryl methyl sites for hydroxylation is 1. The molecule has 0 heterocycles. The van der Waals surface area contributed by atoms with Gasteiger partial charge in [-0.2, -0.15) is 13.2 Å². The number of amides is 1. The first-order chi connectivity index (χ1) is 14.3. The van der Waals surface area contributed by atoms with Crippen molar-refractivity contribution in [2.24, 2.45) is 0 Å². The van der Waals surface area contributed by atoms with Crippen molar-refractivity contribution < 1.29 is 27.4 Å². The minimum absolute atomic E-state index is 0.0122. The maximum absolute atomic E-state index is 12.6. The van der Waals surface area contributed by atoms with E-state index >= 15 is 0 Å². The fourth-order valence-corrected chi connectivity index (χ4v) is 3.09. The van der Waals surface area contributed by atoms with Crippen LogP contribution in [0.15, 0.2) is 60.7 Å². The fourth-order valence-electron chi connectivity index (χ4n) is 3.09. The molecule has 0 aromatic heterocycles. The van der Waals surface area contributed by atoms with Crippen LogP contribution in [-0.4, -0.2) is 32.8 Å². The van der Waals surface area contributed by atoms with E-state index < -0.39 is 12.8 Å². The topological polar surface area (TPSA) is 38.8 Å². The van der Waals surface area contributed by atoms with Gasteiger partial charge in [-0.3, -0.25) is 4.79 Å². The molecule has 3 aromatic rings. The van der Waals surface area contributed by atoms with Crippen LogP contribution in [0.5, 0.6) is 11.5 Å². The number of benzene rings is 3. The standard InChI is InChI=1S/C23H22F3NO3/c1-27(19-10-9-17-5-3-4-6-18(17)14-19)22(28)12-8-16-7-11-20(21(13-16)29-2)30-15-23(24,25)26/h3-7,9-11,13-14H,8,12,15H2,1-2H3. The van der Waals surface area contributed by atoms with E-state index in [1.807, 2.05) is 42.5 Å². The van der Waals surface area contributed by atoms with E-state index in [0.29, 0.717) is 6.42 Å². The predicted molar refractivity (Wildman–Crippen MR) is 110 cm³/mol. The van der Waals surface area contributed by atoms with Crippen LogP contribution < -0.4 is 14.4 Å². The highest BCUT2D eigenvalue weighted by atomic mass is 19.4. The lowest BCUT2D eigenvalue weighted by molar-refractivity contribution is -0.153. The molecule has 4 nitrogen and oxygen atoms in total.